The van der Waals surface area contributed by atoms with E-state index >= 15 is 0 Å². The van der Waals surface area contributed by atoms with Crippen molar-refractivity contribution < 1.29 is 4.74 Å². The van der Waals surface area contributed by atoms with E-state index in [0.29, 0.717) is 11.7 Å². The van der Waals surface area contributed by atoms with Gasteiger partial charge >= 0.3 is 0 Å². The van der Waals surface area contributed by atoms with Crippen molar-refractivity contribution in [3.63, 3.8) is 0 Å². The molecule has 0 unspecified atom stereocenters. The first-order chi connectivity index (χ1) is 7.72. The molecule has 0 aromatic carbocycles. The van der Waals surface area contributed by atoms with Crippen LogP contribution in [0.5, 0.6) is 5.75 Å². The molecule has 0 aliphatic carbocycles. The minimum atomic E-state index is 0.0452. The Bertz CT molecular complexity index is 537. The van der Waals surface area contributed by atoms with E-state index in [1.807, 2.05) is 35.0 Å². The number of nitrogens with zero attached hydrogens (tertiary/aromatic N) is 3. The van der Waals surface area contributed by atoms with Crippen LogP contribution in [-0.4, -0.2) is 16.0 Å². The molecule has 0 aliphatic heterocycles. The minimum absolute atomic E-state index is 0.0452. The van der Waals surface area contributed by atoms with Crippen LogP contribution in [0.4, 0.5) is 0 Å². The molecule has 0 atom stereocenters. The number of ether oxygens (including phenoxy) is 1. The fourth-order valence-electron chi connectivity index (χ4n) is 1.51. The van der Waals surface area contributed by atoms with Crippen LogP contribution >= 0.6 is 0 Å². The SMILES string of the molecule is CC(C)c1cn2cccc(OCC#N)c2n1. The molecular formula is C12H13N3O. The first-order valence-corrected chi connectivity index (χ1v) is 5.19. The third-order valence-corrected chi connectivity index (χ3v) is 2.35. The molecule has 82 valence electrons. The van der Waals surface area contributed by atoms with Crippen molar-refractivity contribution in [3.05, 3.63) is 30.2 Å². The summed E-state index contributed by atoms with van der Waals surface area (Å²) in [5.74, 6) is 1.03. The molecule has 0 spiro atoms. The number of fused-ring (bicyclic) bond motifs is 1. The number of hydrogen-bond acceptors (Lipinski definition) is 3. The van der Waals surface area contributed by atoms with Gasteiger partial charge in [-0.25, -0.2) is 4.98 Å². The lowest BCUT2D eigenvalue weighted by molar-refractivity contribution is 0.370. The summed E-state index contributed by atoms with van der Waals surface area (Å²) in [7, 11) is 0. The molecule has 0 bridgehead atoms. The molecule has 2 rings (SSSR count). The molecular weight excluding hydrogens is 202 g/mol. The summed E-state index contributed by atoms with van der Waals surface area (Å²) < 4.78 is 7.24. The Balaban J connectivity index is 2.46. The van der Waals surface area contributed by atoms with Crippen LogP contribution < -0.4 is 4.74 Å². The monoisotopic (exact) mass is 215 g/mol. The molecule has 4 heteroatoms. The summed E-state index contributed by atoms with van der Waals surface area (Å²) in [5.41, 5.74) is 1.79. The zero-order valence-electron chi connectivity index (χ0n) is 9.34. The zero-order valence-corrected chi connectivity index (χ0v) is 9.34. The van der Waals surface area contributed by atoms with Gasteiger partial charge in [-0.05, 0) is 18.1 Å². The Labute approximate surface area is 94.1 Å². The Hall–Kier alpha value is -2.02. The lowest BCUT2D eigenvalue weighted by Gasteiger charge is -2.02. The summed E-state index contributed by atoms with van der Waals surface area (Å²) in [5, 5.41) is 8.49. The van der Waals surface area contributed by atoms with Crippen molar-refractivity contribution in [3.8, 4) is 11.8 Å². The highest BCUT2D eigenvalue weighted by Crippen LogP contribution is 2.21. The van der Waals surface area contributed by atoms with Crippen molar-refractivity contribution in [1.29, 1.82) is 5.26 Å². The summed E-state index contributed by atoms with van der Waals surface area (Å²) in [4.78, 5) is 4.49. The molecule has 2 heterocycles. The first-order valence-electron chi connectivity index (χ1n) is 5.19. The molecule has 0 aliphatic rings. The van der Waals surface area contributed by atoms with Gasteiger partial charge in [-0.2, -0.15) is 5.26 Å². The molecule has 16 heavy (non-hydrogen) atoms. The third kappa shape index (κ3) is 1.84. The molecule has 2 aromatic rings. The largest absolute Gasteiger partial charge is 0.475 e. The predicted molar refractivity (Wildman–Crippen MR) is 60.4 cm³/mol. The molecule has 0 saturated carbocycles. The summed E-state index contributed by atoms with van der Waals surface area (Å²) in [6, 6.07) is 5.65. The Morgan fingerprint density at radius 1 is 1.56 bits per heavy atom. The molecule has 0 saturated heterocycles. The highest BCUT2D eigenvalue weighted by molar-refractivity contribution is 5.54. The Morgan fingerprint density at radius 3 is 3.06 bits per heavy atom. The summed E-state index contributed by atoms with van der Waals surface area (Å²) >= 11 is 0. The van der Waals surface area contributed by atoms with Crippen molar-refractivity contribution in [1.82, 2.24) is 9.38 Å². The van der Waals surface area contributed by atoms with E-state index in [0.717, 1.165) is 11.3 Å². The number of nitriles is 1. The van der Waals surface area contributed by atoms with E-state index in [-0.39, 0.29) is 6.61 Å². The van der Waals surface area contributed by atoms with Crippen molar-refractivity contribution in [2.75, 3.05) is 6.61 Å². The van der Waals surface area contributed by atoms with E-state index in [9.17, 15) is 0 Å². The average molecular weight is 215 g/mol. The van der Waals surface area contributed by atoms with Gasteiger partial charge < -0.3 is 9.14 Å². The van der Waals surface area contributed by atoms with E-state index < -0.39 is 0 Å². The van der Waals surface area contributed by atoms with Gasteiger partial charge in [0.25, 0.3) is 0 Å². The average Bonchev–Trinajstić information content (AvgIpc) is 2.70. The number of imidazole rings is 1. The van der Waals surface area contributed by atoms with Crippen LogP contribution in [-0.2, 0) is 0 Å². The Morgan fingerprint density at radius 2 is 2.38 bits per heavy atom. The molecule has 0 fully saturated rings. The van der Waals surface area contributed by atoms with Gasteiger partial charge in [0.1, 0.15) is 6.07 Å². The standard InChI is InChI=1S/C12H13N3O/c1-9(2)10-8-15-6-3-4-11(12(15)14-10)16-7-5-13/h3-4,6,8-9H,7H2,1-2H3. The zero-order chi connectivity index (χ0) is 11.5. The number of rotatable bonds is 3. The van der Waals surface area contributed by atoms with Crippen LogP contribution in [0.15, 0.2) is 24.5 Å². The fraction of sp³-hybridized carbons (Fsp3) is 0.333. The van der Waals surface area contributed by atoms with Crippen LogP contribution in [0.25, 0.3) is 5.65 Å². The second-order valence-electron chi connectivity index (χ2n) is 3.87. The second kappa shape index (κ2) is 4.23. The van der Waals surface area contributed by atoms with Gasteiger partial charge in [0, 0.05) is 12.4 Å². The fourth-order valence-corrected chi connectivity index (χ4v) is 1.51. The molecule has 0 amide bonds. The predicted octanol–water partition coefficient (Wildman–Crippen LogP) is 2.36. The lowest BCUT2D eigenvalue weighted by Crippen LogP contribution is -1.96. The number of pyridine rings is 1. The second-order valence-corrected chi connectivity index (χ2v) is 3.87. The highest BCUT2D eigenvalue weighted by atomic mass is 16.5. The molecule has 2 aromatic heterocycles. The van der Waals surface area contributed by atoms with Crippen LogP contribution in [0.1, 0.15) is 25.5 Å². The van der Waals surface area contributed by atoms with Crippen LogP contribution in [0, 0.1) is 11.3 Å². The maximum Gasteiger partial charge on any atom is 0.179 e. The van der Waals surface area contributed by atoms with Crippen molar-refractivity contribution in [2.45, 2.75) is 19.8 Å². The number of aromatic nitrogens is 2. The highest BCUT2D eigenvalue weighted by Gasteiger charge is 2.09. The maximum atomic E-state index is 8.49. The quantitative estimate of drug-likeness (QED) is 0.789. The lowest BCUT2D eigenvalue weighted by atomic mass is 10.2. The van der Waals surface area contributed by atoms with E-state index in [1.54, 1.807) is 0 Å². The van der Waals surface area contributed by atoms with E-state index in [1.165, 1.54) is 0 Å². The van der Waals surface area contributed by atoms with Crippen molar-refractivity contribution >= 4 is 5.65 Å². The minimum Gasteiger partial charge on any atom is -0.475 e. The number of hydrogen-bond donors (Lipinski definition) is 0. The van der Waals surface area contributed by atoms with Gasteiger partial charge in [-0.1, -0.05) is 13.8 Å². The van der Waals surface area contributed by atoms with Gasteiger partial charge in [0.15, 0.2) is 18.0 Å². The van der Waals surface area contributed by atoms with Gasteiger partial charge in [-0.15, -0.1) is 0 Å². The topological polar surface area (TPSA) is 50.3 Å². The maximum absolute atomic E-state index is 8.49. The normalized spacial score (nSPS) is 10.6. The van der Waals surface area contributed by atoms with Gasteiger partial charge in [-0.3, -0.25) is 0 Å². The first kappa shape index (κ1) is 10.5. The van der Waals surface area contributed by atoms with E-state index in [2.05, 4.69) is 18.8 Å². The van der Waals surface area contributed by atoms with Crippen molar-refractivity contribution in [2.24, 2.45) is 0 Å². The summed E-state index contributed by atoms with van der Waals surface area (Å²) in [6.45, 7) is 4.23. The van der Waals surface area contributed by atoms with E-state index in [4.69, 9.17) is 10.00 Å². The van der Waals surface area contributed by atoms with Crippen LogP contribution in [0.3, 0.4) is 0 Å². The Kier molecular flexibility index (Phi) is 2.78. The summed E-state index contributed by atoms with van der Waals surface area (Å²) in [6.07, 6.45) is 3.91. The molecule has 0 N–H and O–H groups in total. The van der Waals surface area contributed by atoms with Gasteiger partial charge in [0.05, 0.1) is 5.69 Å². The van der Waals surface area contributed by atoms with Gasteiger partial charge in [0.2, 0.25) is 0 Å². The van der Waals surface area contributed by atoms with Crippen LogP contribution in [0.2, 0.25) is 0 Å². The molecule has 0 radical (unpaired) electrons. The smallest absolute Gasteiger partial charge is 0.179 e. The molecule has 4 nitrogen and oxygen atoms in total. The third-order valence-electron chi connectivity index (χ3n) is 2.35.